The monoisotopic (exact) mass is 436 g/mol. The lowest BCUT2D eigenvalue weighted by molar-refractivity contribution is -0.166. The fourth-order valence-electron chi connectivity index (χ4n) is 7.75. The second kappa shape index (κ2) is 5.22. The van der Waals surface area contributed by atoms with Crippen molar-refractivity contribution in [2.45, 2.75) is 80.6 Å². The number of nitrogens with zero attached hydrogens (tertiary/aromatic N) is 1. The van der Waals surface area contributed by atoms with Crippen molar-refractivity contribution < 1.29 is 9.84 Å². The molecule has 1 aromatic heterocycles. The first kappa shape index (κ1) is 19.9. The van der Waals surface area contributed by atoms with E-state index in [0.717, 1.165) is 22.2 Å². The molecule has 2 fully saturated rings. The van der Waals surface area contributed by atoms with Crippen molar-refractivity contribution in [1.82, 2.24) is 4.98 Å². The van der Waals surface area contributed by atoms with Gasteiger partial charge in [-0.25, -0.2) is 6.57 Å². The van der Waals surface area contributed by atoms with Crippen molar-refractivity contribution in [3.63, 3.8) is 0 Å². The summed E-state index contributed by atoms with van der Waals surface area (Å²) < 4.78 is 6.34. The molecule has 4 nitrogen and oxygen atoms in total. The van der Waals surface area contributed by atoms with E-state index in [1.165, 1.54) is 5.56 Å². The molecule has 4 aliphatic rings. The van der Waals surface area contributed by atoms with Crippen LogP contribution in [0.2, 0.25) is 0 Å². The van der Waals surface area contributed by atoms with E-state index in [0.29, 0.717) is 6.42 Å². The molecule has 7 atom stereocenters. The summed E-state index contributed by atoms with van der Waals surface area (Å²) in [4.78, 5) is 7.99. The van der Waals surface area contributed by atoms with Crippen molar-refractivity contribution in [3.8, 4) is 0 Å². The molecule has 2 heterocycles. The van der Waals surface area contributed by atoms with Gasteiger partial charge in [-0.3, -0.25) is 0 Å². The van der Waals surface area contributed by atoms with Crippen LogP contribution in [0.3, 0.4) is 0 Å². The summed E-state index contributed by atoms with van der Waals surface area (Å²) >= 11 is 7.12. The molecule has 0 radical (unpaired) electrons. The SMILES string of the molecule is [C-]#[N+]C12C3OC3C(C)(C)c3[nH]c4cccc5c4c3C1(O)C(CC(Cl)C2(C)C=C)C5(C)C. The number of rotatable bonds is 1. The summed E-state index contributed by atoms with van der Waals surface area (Å²) in [6, 6.07) is 6.34. The van der Waals surface area contributed by atoms with Crippen molar-refractivity contribution in [2.24, 2.45) is 11.3 Å². The second-order valence-electron chi connectivity index (χ2n) is 11.4. The third-order valence-corrected chi connectivity index (χ3v) is 10.3. The number of alkyl halides is 1. The highest BCUT2D eigenvalue weighted by atomic mass is 35.5. The average Bonchev–Trinajstić information content (AvgIpc) is 3.43. The summed E-state index contributed by atoms with van der Waals surface area (Å²) in [7, 11) is 0. The van der Waals surface area contributed by atoms with Crippen LogP contribution in [-0.4, -0.2) is 33.2 Å². The Morgan fingerprint density at radius 1 is 1.23 bits per heavy atom. The van der Waals surface area contributed by atoms with Gasteiger partial charge in [-0.15, -0.1) is 18.2 Å². The molecule has 0 bridgehead atoms. The highest BCUT2D eigenvalue weighted by Crippen LogP contribution is 2.73. The summed E-state index contributed by atoms with van der Waals surface area (Å²) in [6.45, 7) is 23.4. The quantitative estimate of drug-likeness (QED) is 0.280. The van der Waals surface area contributed by atoms with Crippen LogP contribution in [0, 0.1) is 17.9 Å². The Kier molecular flexibility index (Phi) is 3.35. The van der Waals surface area contributed by atoms with Gasteiger partial charge in [-0.05, 0) is 30.4 Å². The van der Waals surface area contributed by atoms with Crippen LogP contribution in [0.15, 0.2) is 30.9 Å². The maximum Gasteiger partial charge on any atom is 0.303 e. The zero-order chi connectivity index (χ0) is 22.4. The average molecular weight is 437 g/mol. The zero-order valence-corrected chi connectivity index (χ0v) is 19.5. The Balaban J connectivity index is 1.88. The Morgan fingerprint density at radius 3 is 2.58 bits per heavy atom. The number of benzene rings is 1. The maximum absolute atomic E-state index is 13.1. The highest BCUT2D eigenvalue weighted by molar-refractivity contribution is 6.21. The van der Waals surface area contributed by atoms with E-state index in [2.05, 4.69) is 62.3 Å². The molecule has 7 unspecified atom stereocenters. The number of hydrogen-bond donors (Lipinski definition) is 2. The molecule has 1 saturated carbocycles. The first-order valence-corrected chi connectivity index (χ1v) is 11.6. The third-order valence-electron chi connectivity index (χ3n) is 9.63. The minimum atomic E-state index is -1.41. The molecule has 6 rings (SSSR count). The molecule has 2 aromatic rings. The van der Waals surface area contributed by atoms with Gasteiger partial charge in [0.1, 0.15) is 6.10 Å². The van der Waals surface area contributed by atoms with E-state index in [4.69, 9.17) is 22.9 Å². The Hall–Kier alpha value is -1.80. The van der Waals surface area contributed by atoms with Crippen LogP contribution in [0.1, 0.15) is 57.9 Å². The summed E-state index contributed by atoms with van der Waals surface area (Å²) in [6.07, 6.45) is 1.83. The summed E-state index contributed by atoms with van der Waals surface area (Å²) in [5.41, 5.74) is -0.110. The Labute approximate surface area is 188 Å². The Bertz CT molecular complexity index is 1220. The van der Waals surface area contributed by atoms with Gasteiger partial charge in [0.2, 0.25) is 0 Å². The fourth-order valence-corrected chi connectivity index (χ4v) is 8.19. The minimum absolute atomic E-state index is 0.172. The van der Waals surface area contributed by atoms with E-state index in [-0.39, 0.29) is 28.2 Å². The van der Waals surface area contributed by atoms with Crippen LogP contribution in [0.25, 0.3) is 15.7 Å². The van der Waals surface area contributed by atoms with Crippen LogP contribution in [0.4, 0.5) is 0 Å². The van der Waals surface area contributed by atoms with Crippen LogP contribution >= 0.6 is 11.6 Å². The van der Waals surface area contributed by atoms with E-state index in [9.17, 15) is 5.11 Å². The first-order chi connectivity index (χ1) is 14.4. The van der Waals surface area contributed by atoms with Gasteiger partial charge in [0, 0.05) is 33.5 Å². The van der Waals surface area contributed by atoms with Gasteiger partial charge in [0.25, 0.3) is 0 Å². The third kappa shape index (κ3) is 1.72. The topological polar surface area (TPSA) is 52.9 Å². The van der Waals surface area contributed by atoms with Crippen LogP contribution < -0.4 is 0 Å². The number of aliphatic hydroxyl groups is 1. The second-order valence-corrected chi connectivity index (χ2v) is 11.9. The van der Waals surface area contributed by atoms with Gasteiger partial charge < -0.3 is 19.7 Å². The number of fused-ring (bicyclic) bond motifs is 2. The molecular weight excluding hydrogens is 408 g/mol. The van der Waals surface area contributed by atoms with Gasteiger partial charge in [-0.1, -0.05) is 45.9 Å². The number of aromatic amines is 1. The van der Waals surface area contributed by atoms with Crippen LogP contribution in [-0.2, 0) is 21.2 Å². The van der Waals surface area contributed by atoms with E-state index in [1.54, 1.807) is 0 Å². The van der Waals surface area contributed by atoms with Crippen molar-refractivity contribution in [3.05, 3.63) is 59.1 Å². The van der Waals surface area contributed by atoms with E-state index in [1.807, 2.05) is 13.0 Å². The largest absolute Gasteiger partial charge is 0.377 e. The van der Waals surface area contributed by atoms with Gasteiger partial charge in [0.15, 0.2) is 11.7 Å². The Morgan fingerprint density at radius 2 is 1.94 bits per heavy atom. The number of halogens is 1. The van der Waals surface area contributed by atoms with Crippen molar-refractivity contribution >= 4 is 22.5 Å². The zero-order valence-electron chi connectivity index (χ0n) is 18.7. The first-order valence-electron chi connectivity index (χ1n) is 11.1. The van der Waals surface area contributed by atoms with Crippen LogP contribution in [0.5, 0.6) is 0 Å². The van der Waals surface area contributed by atoms with Crippen molar-refractivity contribution in [2.75, 3.05) is 0 Å². The molecule has 1 aromatic carbocycles. The number of aromatic nitrogens is 1. The normalized spacial score (nSPS) is 45.4. The molecular formula is C26H29ClN2O2. The number of nitrogens with one attached hydrogen (secondary N) is 1. The van der Waals surface area contributed by atoms with E-state index < -0.39 is 22.7 Å². The van der Waals surface area contributed by atoms with Gasteiger partial charge in [0.05, 0.1) is 10.8 Å². The molecule has 0 spiro atoms. The number of epoxide rings is 1. The maximum atomic E-state index is 13.1. The lowest BCUT2D eigenvalue weighted by Gasteiger charge is -2.61. The van der Waals surface area contributed by atoms with Gasteiger partial charge in [-0.2, -0.15) is 0 Å². The molecule has 1 aliphatic heterocycles. The standard InChI is InChI=1S/C26H29ClN2O2/c1-8-24(6)16(27)12-15-22(2,3)13-10-9-11-14-17(13)18-19(29-14)23(4,5)20-21(31-20)26(24,28-7)25(15,18)30/h8-11,15-16,20-21,29-30H,1,12H2,2-6H3. The predicted octanol–water partition coefficient (Wildman–Crippen LogP) is 5.18. The number of ether oxygens (including phenoxy) is 1. The van der Waals surface area contributed by atoms with E-state index >= 15 is 0 Å². The molecule has 5 heteroatoms. The molecule has 31 heavy (non-hydrogen) atoms. The number of H-pyrrole nitrogens is 1. The van der Waals surface area contributed by atoms with Crippen molar-refractivity contribution in [1.29, 1.82) is 0 Å². The molecule has 1 saturated heterocycles. The van der Waals surface area contributed by atoms with Gasteiger partial charge >= 0.3 is 5.54 Å². The number of hydrogen-bond acceptors (Lipinski definition) is 2. The molecule has 3 aliphatic carbocycles. The molecule has 2 N–H and O–H groups in total. The fraction of sp³-hybridized carbons (Fsp3) is 0.577. The summed E-state index contributed by atoms with van der Waals surface area (Å²) in [5, 5.41) is 13.8. The lowest BCUT2D eigenvalue weighted by atomic mass is 9.43. The summed E-state index contributed by atoms with van der Waals surface area (Å²) in [5.74, 6) is -0.226. The minimum Gasteiger partial charge on any atom is -0.377 e. The molecule has 162 valence electrons. The molecule has 0 amide bonds. The lowest BCUT2D eigenvalue weighted by Crippen LogP contribution is -2.73. The highest BCUT2D eigenvalue weighted by Gasteiger charge is 2.87. The smallest absolute Gasteiger partial charge is 0.303 e. The predicted molar refractivity (Wildman–Crippen MR) is 122 cm³/mol.